The van der Waals surface area contributed by atoms with Gasteiger partial charge in [0.15, 0.2) is 0 Å². The summed E-state index contributed by atoms with van der Waals surface area (Å²) in [6.45, 7) is 0. The maximum Gasteiger partial charge on any atom is -0.0287 e. The van der Waals surface area contributed by atoms with Crippen LogP contribution in [0.2, 0.25) is 0 Å². The van der Waals surface area contributed by atoms with Crippen LogP contribution in [-0.2, 0) is 0 Å². The Labute approximate surface area is 131 Å². The zero-order valence-corrected chi connectivity index (χ0v) is 14.0. The molecule has 0 nitrogen and oxygen atoms in total. The van der Waals surface area contributed by atoms with Crippen LogP contribution in [0.25, 0.3) is 0 Å². The van der Waals surface area contributed by atoms with E-state index < -0.39 is 0 Å². The molecule has 0 N–H and O–H groups in total. The molecule has 0 heterocycles. The minimum atomic E-state index is 0.828. The van der Waals surface area contributed by atoms with E-state index in [-0.39, 0.29) is 0 Å². The molecule has 5 aliphatic carbocycles. The quantitative estimate of drug-likeness (QED) is 0.468. The summed E-state index contributed by atoms with van der Waals surface area (Å²) in [4.78, 5) is 0. The molecule has 5 saturated carbocycles. The predicted octanol–water partition coefficient (Wildman–Crippen LogP) is 6.63. The second kappa shape index (κ2) is 4.30. The van der Waals surface area contributed by atoms with Crippen molar-refractivity contribution in [1.82, 2.24) is 0 Å². The lowest BCUT2D eigenvalue weighted by molar-refractivity contribution is 0.181. The summed E-state index contributed by atoms with van der Waals surface area (Å²) in [6, 6.07) is 0. The Morgan fingerprint density at radius 1 is 0.286 bits per heavy atom. The van der Waals surface area contributed by atoms with Crippen molar-refractivity contribution in [1.29, 1.82) is 0 Å². The van der Waals surface area contributed by atoms with Crippen molar-refractivity contribution < 1.29 is 0 Å². The summed E-state index contributed by atoms with van der Waals surface area (Å²) in [5, 5.41) is 0. The highest BCUT2D eigenvalue weighted by molar-refractivity contribution is 5.10. The van der Waals surface area contributed by atoms with Gasteiger partial charge in [0.25, 0.3) is 0 Å². The lowest BCUT2D eigenvalue weighted by Crippen LogP contribution is -2.22. The fourth-order valence-electron chi connectivity index (χ4n) is 8.34. The minimum absolute atomic E-state index is 0.828. The van der Waals surface area contributed by atoms with Crippen LogP contribution in [-0.4, -0.2) is 0 Å². The van der Waals surface area contributed by atoms with E-state index in [2.05, 4.69) is 0 Å². The van der Waals surface area contributed by atoms with Gasteiger partial charge < -0.3 is 0 Å². The zero-order chi connectivity index (χ0) is 14.0. The first kappa shape index (κ1) is 13.4. The zero-order valence-electron chi connectivity index (χ0n) is 14.0. The van der Waals surface area contributed by atoms with E-state index in [9.17, 15) is 0 Å². The first-order valence-corrected chi connectivity index (χ1v) is 10.2. The largest absolute Gasteiger partial charge is 0.0528 e. The number of rotatable bonds is 0. The maximum atomic E-state index is 1.66. The second-order valence-corrected chi connectivity index (χ2v) is 10.4. The molecule has 5 aliphatic rings. The third-order valence-electron chi connectivity index (χ3n) is 9.14. The van der Waals surface area contributed by atoms with Gasteiger partial charge >= 0.3 is 0 Å². The lowest BCUT2D eigenvalue weighted by Gasteiger charge is -2.32. The molecule has 2 atom stereocenters. The smallest absolute Gasteiger partial charge is 0.0287 e. The summed E-state index contributed by atoms with van der Waals surface area (Å²) in [6.07, 6.45) is 27.2. The van der Waals surface area contributed by atoms with Crippen LogP contribution in [0, 0.1) is 21.7 Å². The van der Waals surface area contributed by atoms with Gasteiger partial charge in [-0.05, 0) is 105 Å². The molecule has 5 rings (SSSR count). The van der Waals surface area contributed by atoms with Crippen LogP contribution in [0.4, 0.5) is 0 Å². The van der Waals surface area contributed by atoms with Crippen molar-refractivity contribution in [2.45, 2.75) is 109 Å². The lowest BCUT2D eigenvalue weighted by atomic mass is 9.72. The molecule has 0 radical (unpaired) electrons. The molecule has 4 spiro atoms. The van der Waals surface area contributed by atoms with Crippen molar-refractivity contribution in [3.8, 4) is 0 Å². The molecule has 21 heavy (non-hydrogen) atoms. The maximum absolute atomic E-state index is 1.66. The topological polar surface area (TPSA) is 0 Å². The highest BCUT2D eigenvalue weighted by atomic mass is 14.6. The van der Waals surface area contributed by atoms with E-state index in [1.807, 2.05) is 0 Å². The van der Waals surface area contributed by atoms with Gasteiger partial charge in [0.05, 0.1) is 0 Å². The molecular formula is C21H34. The van der Waals surface area contributed by atoms with Gasteiger partial charge in [0.1, 0.15) is 0 Å². The second-order valence-electron chi connectivity index (χ2n) is 10.4. The monoisotopic (exact) mass is 286 g/mol. The van der Waals surface area contributed by atoms with Gasteiger partial charge in [-0.1, -0.05) is 25.7 Å². The normalized spacial score (nSPS) is 46.9. The van der Waals surface area contributed by atoms with Crippen molar-refractivity contribution in [3.05, 3.63) is 0 Å². The van der Waals surface area contributed by atoms with Crippen molar-refractivity contribution in [2.75, 3.05) is 0 Å². The molecule has 0 aliphatic heterocycles. The van der Waals surface area contributed by atoms with Crippen LogP contribution in [0.1, 0.15) is 109 Å². The van der Waals surface area contributed by atoms with E-state index in [0.717, 1.165) is 21.7 Å². The highest BCUT2D eigenvalue weighted by Crippen LogP contribution is 2.71. The van der Waals surface area contributed by atoms with E-state index in [0.29, 0.717) is 0 Å². The Bertz CT molecular complexity index is 383. The van der Waals surface area contributed by atoms with Crippen molar-refractivity contribution in [2.24, 2.45) is 21.7 Å². The third kappa shape index (κ3) is 1.99. The van der Waals surface area contributed by atoms with Crippen LogP contribution < -0.4 is 0 Å². The van der Waals surface area contributed by atoms with Crippen LogP contribution in [0.3, 0.4) is 0 Å². The fraction of sp³-hybridized carbons (Fsp3) is 1.00. The molecule has 118 valence electrons. The Morgan fingerprint density at radius 2 is 0.571 bits per heavy atom. The van der Waals surface area contributed by atoms with E-state index in [1.54, 1.807) is 109 Å². The summed E-state index contributed by atoms with van der Waals surface area (Å²) in [5.41, 5.74) is 3.34. The highest BCUT2D eigenvalue weighted by Gasteiger charge is 2.59. The fourth-order valence-corrected chi connectivity index (χ4v) is 8.34. The summed E-state index contributed by atoms with van der Waals surface area (Å²) in [7, 11) is 0. The first-order valence-electron chi connectivity index (χ1n) is 10.2. The molecule has 0 unspecified atom stereocenters. The first-order chi connectivity index (χ1) is 10.2. The standard InChI is InChI=1S/C21H34/c1-2-6-18(5-1)9-11-20(15-18)13-14-21(17-20)12-10-19(16-21)7-3-4-8-19/h1-17H2/t20-,21+. The summed E-state index contributed by atoms with van der Waals surface area (Å²) >= 11 is 0. The summed E-state index contributed by atoms with van der Waals surface area (Å²) in [5.74, 6) is 0. The van der Waals surface area contributed by atoms with Crippen molar-refractivity contribution in [3.63, 3.8) is 0 Å². The van der Waals surface area contributed by atoms with Crippen molar-refractivity contribution >= 4 is 0 Å². The molecule has 0 aromatic heterocycles. The minimum Gasteiger partial charge on any atom is -0.0528 e. The molecule has 0 aromatic rings. The molecular weight excluding hydrogens is 252 g/mol. The van der Waals surface area contributed by atoms with Gasteiger partial charge in [-0.15, -0.1) is 0 Å². The van der Waals surface area contributed by atoms with E-state index in [1.165, 1.54) is 0 Å². The average molecular weight is 287 g/mol. The summed E-state index contributed by atoms with van der Waals surface area (Å²) < 4.78 is 0. The Hall–Kier alpha value is 0. The Kier molecular flexibility index (Phi) is 2.75. The molecule has 0 bridgehead atoms. The van der Waals surface area contributed by atoms with Gasteiger partial charge in [0.2, 0.25) is 0 Å². The van der Waals surface area contributed by atoms with E-state index >= 15 is 0 Å². The van der Waals surface area contributed by atoms with Crippen LogP contribution in [0.15, 0.2) is 0 Å². The Morgan fingerprint density at radius 3 is 0.952 bits per heavy atom. The van der Waals surface area contributed by atoms with Gasteiger partial charge in [-0.2, -0.15) is 0 Å². The number of hydrogen-bond donors (Lipinski definition) is 0. The van der Waals surface area contributed by atoms with Crippen LogP contribution in [0.5, 0.6) is 0 Å². The molecule has 0 amide bonds. The molecule has 0 aromatic carbocycles. The Balaban J connectivity index is 1.33. The van der Waals surface area contributed by atoms with Crippen LogP contribution >= 0.6 is 0 Å². The van der Waals surface area contributed by atoms with E-state index in [4.69, 9.17) is 0 Å². The van der Waals surface area contributed by atoms with Gasteiger partial charge in [-0.3, -0.25) is 0 Å². The molecule has 0 heteroatoms. The number of hydrogen-bond acceptors (Lipinski definition) is 0. The third-order valence-corrected chi connectivity index (χ3v) is 9.14. The average Bonchev–Trinajstić information content (AvgIpc) is 3.25. The van der Waals surface area contributed by atoms with Gasteiger partial charge in [0, 0.05) is 0 Å². The SMILES string of the molecule is C1CCC2(C1)CC[C@]1(CC[C@@]3(CCC4(CCCC4)C3)C1)C2. The molecule has 0 saturated heterocycles. The molecule has 5 fully saturated rings. The van der Waals surface area contributed by atoms with Gasteiger partial charge in [-0.25, -0.2) is 0 Å². The predicted molar refractivity (Wildman–Crippen MR) is 88.2 cm³/mol.